The second kappa shape index (κ2) is 13.2. The molecule has 0 radical (unpaired) electrons. The zero-order valence-corrected chi connectivity index (χ0v) is 27.0. The lowest BCUT2D eigenvalue weighted by Gasteiger charge is -2.49. The fraction of sp³-hybridized carbons (Fsp3) is 0.933. The number of rotatable bonds is 14. The van der Waals surface area contributed by atoms with Gasteiger partial charge in [-0.2, -0.15) is 0 Å². The van der Waals surface area contributed by atoms with Gasteiger partial charge in [-0.25, -0.2) is 0 Å². The van der Waals surface area contributed by atoms with Gasteiger partial charge in [-0.3, -0.25) is 0 Å². The van der Waals surface area contributed by atoms with Gasteiger partial charge in [0.2, 0.25) is 0 Å². The summed E-state index contributed by atoms with van der Waals surface area (Å²) in [6.07, 6.45) is 14.8. The van der Waals surface area contributed by atoms with Crippen molar-refractivity contribution < 1.29 is 14.0 Å². The fourth-order valence-corrected chi connectivity index (χ4v) is 11.1. The summed E-state index contributed by atoms with van der Waals surface area (Å²) in [5, 5.41) is 9.87. The molecule has 0 bridgehead atoms. The first-order valence-electron chi connectivity index (χ1n) is 15.0. The maximum Gasteiger partial charge on any atom is 0.192 e. The van der Waals surface area contributed by atoms with E-state index in [1.54, 1.807) is 5.57 Å². The number of hydrogen-bond donors (Lipinski definition) is 1. The first-order chi connectivity index (χ1) is 16.4. The van der Waals surface area contributed by atoms with Crippen molar-refractivity contribution in [1.29, 1.82) is 0 Å². The summed E-state index contributed by atoms with van der Waals surface area (Å²) in [5.74, 6) is 1.15. The molecule has 2 aliphatic carbocycles. The van der Waals surface area contributed by atoms with Crippen LogP contribution in [-0.4, -0.2) is 40.1 Å². The van der Waals surface area contributed by atoms with E-state index in [9.17, 15) is 5.11 Å². The molecule has 0 spiro atoms. The second-order valence-electron chi connectivity index (χ2n) is 13.4. The van der Waals surface area contributed by atoms with Crippen LogP contribution in [0.15, 0.2) is 11.6 Å². The van der Waals surface area contributed by atoms with E-state index >= 15 is 0 Å². The SMILES string of the molecule is CC[Si](CC)(CC)O[C@H]1CC=C(CCC(C)(O[Si](C)(C)C(C)(C)C)C2CCCCC2)[C@H]1CCCO. The first-order valence-corrected chi connectivity index (χ1v) is 20.5. The molecular weight excluding hydrogens is 464 g/mol. The van der Waals surface area contributed by atoms with Gasteiger partial charge in [0.25, 0.3) is 0 Å². The maximum absolute atomic E-state index is 9.64. The highest BCUT2D eigenvalue weighted by Crippen LogP contribution is 2.47. The van der Waals surface area contributed by atoms with Gasteiger partial charge in [0.05, 0.1) is 11.7 Å². The average molecular weight is 525 g/mol. The van der Waals surface area contributed by atoms with E-state index in [1.165, 1.54) is 50.2 Å². The van der Waals surface area contributed by atoms with Gasteiger partial charge < -0.3 is 14.0 Å². The molecule has 0 aromatic heterocycles. The van der Waals surface area contributed by atoms with Gasteiger partial charge in [0, 0.05) is 12.5 Å². The summed E-state index contributed by atoms with van der Waals surface area (Å²) in [4.78, 5) is 0. The number of aliphatic hydroxyl groups is 1. The Bertz CT molecular complexity index is 651. The maximum atomic E-state index is 9.64. The van der Waals surface area contributed by atoms with E-state index in [0.717, 1.165) is 32.1 Å². The number of aliphatic hydroxyl groups excluding tert-OH is 1. The highest BCUT2D eigenvalue weighted by atomic mass is 28.4. The Balaban J connectivity index is 2.21. The lowest BCUT2D eigenvalue weighted by atomic mass is 9.75. The molecular formula is C30H60O3Si2. The van der Waals surface area contributed by atoms with Crippen LogP contribution < -0.4 is 0 Å². The lowest BCUT2D eigenvalue weighted by Crippen LogP contribution is -2.52. The topological polar surface area (TPSA) is 38.7 Å². The van der Waals surface area contributed by atoms with Crippen molar-refractivity contribution in [1.82, 2.24) is 0 Å². The Morgan fingerprint density at radius 1 is 0.971 bits per heavy atom. The zero-order valence-electron chi connectivity index (χ0n) is 25.0. The molecule has 35 heavy (non-hydrogen) atoms. The van der Waals surface area contributed by atoms with E-state index in [4.69, 9.17) is 8.85 Å². The molecule has 2 rings (SSSR count). The average Bonchev–Trinajstić information content (AvgIpc) is 3.20. The van der Waals surface area contributed by atoms with Crippen LogP contribution in [0.3, 0.4) is 0 Å². The Morgan fingerprint density at radius 2 is 1.57 bits per heavy atom. The van der Waals surface area contributed by atoms with Gasteiger partial charge in [-0.1, -0.05) is 72.5 Å². The summed E-state index contributed by atoms with van der Waals surface area (Å²) >= 11 is 0. The number of hydrogen-bond acceptors (Lipinski definition) is 3. The van der Waals surface area contributed by atoms with E-state index in [2.05, 4.69) is 67.6 Å². The van der Waals surface area contributed by atoms with Crippen LogP contribution in [-0.2, 0) is 8.85 Å². The van der Waals surface area contributed by atoms with Crippen LogP contribution in [0.4, 0.5) is 0 Å². The molecule has 0 saturated heterocycles. The molecule has 1 N–H and O–H groups in total. The third kappa shape index (κ3) is 8.02. The van der Waals surface area contributed by atoms with Crippen LogP contribution in [0.2, 0.25) is 36.3 Å². The van der Waals surface area contributed by atoms with Gasteiger partial charge in [-0.15, -0.1) is 0 Å². The minimum atomic E-state index is -1.87. The summed E-state index contributed by atoms with van der Waals surface area (Å²) in [6.45, 7) is 21.7. The summed E-state index contributed by atoms with van der Waals surface area (Å²) in [7, 11) is -3.52. The molecule has 1 fully saturated rings. The van der Waals surface area contributed by atoms with Gasteiger partial charge in [-0.05, 0) is 94.1 Å². The van der Waals surface area contributed by atoms with Crippen molar-refractivity contribution >= 4 is 16.6 Å². The van der Waals surface area contributed by atoms with E-state index in [1.807, 2.05) is 0 Å². The van der Waals surface area contributed by atoms with E-state index in [-0.39, 0.29) is 17.2 Å². The summed E-state index contributed by atoms with van der Waals surface area (Å²) in [6, 6.07) is 3.62. The second-order valence-corrected chi connectivity index (χ2v) is 22.8. The predicted molar refractivity (Wildman–Crippen MR) is 157 cm³/mol. The van der Waals surface area contributed by atoms with Gasteiger partial charge >= 0.3 is 0 Å². The van der Waals surface area contributed by atoms with Crippen molar-refractivity contribution in [3.63, 3.8) is 0 Å². The predicted octanol–water partition coefficient (Wildman–Crippen LogP) is 9.24. The van der Waals surface area contributed by atoms with Crippen molar-refractivity contribution in [2.45, 2.75) is 161 Å². The molecule has 3 atom stereocenters. The highest BCUT2D eigenvalue weighted by molar-refractivity contribution is 6.74. The van der Waals surface area contributed by atoms with Crippen LogP contribution in [0.25, 0.3) is 0 Å². The summed E-state index contributed by atoms with van der Waals surface area (Å²) in [5.41, 5.74) is 1.55. The van der Waals surface area contributed by atoms with Crippen LogP contribution in [0, 0.1) is 11.8 Å². The zero-order chi connectivity index (χ0) is 26.3. The monoisotopic (exact) mass is 524 g/mol. The lowest BCUT2D eigenvalue weighted by molar-refractivity contribution is -0.0119. The normalized spacial score (nSPS) is 24.5. The molecule has 2 aliphatic rings. The third-order valence-electron chi connectivity index (χ3n) is 10.2. The van der Waals surface area contributed by atoms with Crippen molar-refractivity contribution in [2.24, 2.45) is 11.8 Å². The molecule has 1 unspecified atom stereocenters. The first kappa shape index (κ1) is 31.3. The van der Waals surface area contributed by atoms with Crippen molar-refractivity contribution in [3.8, 4) is 0 Å². The molecule has 206 valence electrons. The molecule has 0 aromatic rings. The van der Waals surface area contributed by atoms with E-state index in [0.29, 0.717) is 17.9 Å². The van der Waals surface area contributed by atoms with Crippen LogP contribution in [0.5, 0.6) is 0 Å². The minimum absolute atomic E-state index is 0.0422. The quantitative estimate of drug-likeness (QED) is 0.182. The highest BCUT2D eigenvalue weighted by Gasteiger charge is 2.46. The van der Waals surface area contributed by atoms with Crippen molar-refractivity contribution in [2.75, 3.05) is 6.61 Å². The van der Waals surface area contributed by atoms with Gasteiger partial charge in [0.15, 0.2) is 16.6 Å². The molecule has 3 nitrogen and oxygen atoms in total. The Labute approximate surface area is 221 Å². The molecule has 0 aliphatic heterocycles. The molecule has 1 saturated carbocycles. The minimum Gasteiger partial charge on any atom is -0.413 e. The van der Waals surface area contributed by atoms with E-state index < -0.39 is 16.6 Å². The van der Waals surface area contributed by atoms with Crippen LogP contribution in [0.1, 0.15) is 113 Å². The molecule has 0 heterocycles. The largest absolute Gasteiger partial charge is 0.413 e. The third-order valence-corrected chi connectivity index (χ3v) is 19.5. The summed E-state index contributed by atoms with van der Waals surface area (Å²) < 4.78 is 14.4. The van der Waals surface area contributed by atoms with Crippen molar-refractivity contribution in [3.05, 3.63) is 11.6 Å². The Kier molecular flexibility index (Phi) is 11.8. The standard InChI is InChI=1S/C30H60O3Si2/c1-10-35(11-2,12-3)32-28-21-20-25(27(28)19-16-24-31)22-23-30(7,26-17-14-13-15-18-26)33-34(8,9)29(4,5)6/h20,26-28,31H,10-19,21-24H2,1-9H3/t27-,28+,30?/m1/s1. The molecule has 0 aromatic carbocycles. The fourth-order valence-electron chi connectivity index (χ4n) is 6.42. The molecule has 0 amide bonds. The Hall–Kier alpha value is 0.0538. The Morgan fingerprint density at radius 3 is 2.09 bits per heavy atom. The van der Waals surface area contributed by atoms with Crippen LogP contribution >= 0.6 is 0 Å². The molecule has 5 heteroatoms. The van der Waals surface area contributed by atoms with Gasteiger partial charge in [0.1, 0.15) is 0 Å². The smallest absolute Gasteiger partial charge is 0.192 e.